The van der Waals surface area contributed by atoms with Crippen molar-refractivity contribution in [3.63, 3.8) is 0 Å². The maximum absolute atomic E-state index is 11.7. The Bertz CT molecular complexity index is 675. The average molecular weight is 343 g/mol. The smallest absolute Gasteiger partial charge is 0.748 e. The number of alkyl halides is 1. The van der Waals surface area contributed by atoms with E-state index in [-0.39, 0.29) is 53.4 Å². The largest absolute Gasteiger partial charge is 1.00 e. The molecule has 2 rings (SSSR count). The van der Waals surface area contributed by atoms with Gasteiger partial charge in [0.25, 0.3) is 0 Å². The average Bonchev–Trinajstić information content (AvgIpc) is 2.32. The molecule has 1 N–H and O–H groups in total. The molecule has 0 saturated carbocycles. The molecule has 1 aromatic carbocycles. The van der Waals surface area contributed by atoms with Crippen molar-refractivity contribution in [3.05, 3.63) is 23.3 Å². The van der Waals surface area contributed by atoms with E-state index in [1.807, 2.05) is 0 Å². The maximum Gasteiger partial charge on any atom is 1.00 e. The minimum absolute atomic E-state index is 0. The summed E-state index contributed by atoms with van der Waals surface area (Å²) in [5.74, 6) is -1.72. The fourth-order valence-electron chi connectivity index (χ4n) is 2.38. The summed E-state index contributed by atoms with van der Waals surface area (Å²) in [4.78, 5) is 11.7. The number of benzene rings is 1. The quantitative estimate of drug-likeness (QED) is 0.225. The standard InChI is InChI=1S/C12H13ClO6S.Na/c1-7-9(14)3-2-8-11(7)19-10(15)4-12(8,5-13)6-20(16,17)18;/h2-3,14H,4-6H2,1H3,(H,16,17,18);/q;+1/p-1. The van der Waals surface area contributed by atoms with E-state index >= 15 is 0 Å². The summed E-state index contributed by atoms with van der Waals surface area (Å²) >= 11 is 5.85. The molecule has 0 saturated heterocycles. The monoisotopic (exact) mass is 342 g/mol. The first-order chi connectivity index (χ1) is 9.18. The molecule has 0 radical (unpaired) electrons. The molecule has 1 unspecified atom stereocenters. The van der Waals surface area contributed by atoms with Gasteiger partial charge in [0, 0.05) is 28.2 Å². The Morgan fingerprint density at radius 3 is 2.62 bits per heavy atom. The fraction of sp³-hybridized carbons (Fsp3) is 0.417. The Hall–Kier alpha value is -0.310. The van der Waals surface area contributed by atoms with Crippen LogP contribution in [0, 0.1) is 6.92 Å². The Labute approximate surface area is 149 Å². The number of halogens is 1. The van der Waals surface area contributed by atoms with Crippen molar-refractivity contribution in [2.24, 2.45) is 0 Å². The molecular formula is C12H12ClNaO6S. The van der Waals surface area contributed by atoms with E-state index in [0.717, 1.165) is 0 Å². The molecule has 21 heavy (non-hydrogen) atoms. The molecule has 0 aromatic heterocycles. The van der Waals surface area contributed by atoms with Crippen molar-refractivity contribution in [1.29, 1.82) is 0 Å². The molecule has 1 aromatic rings. The van der Waals surface area contributed by atoms with Crippen molar-refractivity contribution in [2.45, 2.75) is 18.8 Å². The van der Waals surface area contributed by atoms with Crippen LogP contribution in [-0.2, 0) is 20.3 Å². The van der Waals surface area contributed by atoms with Gasteiger partial charge in [0.05, 0.1) is 16.5 Å². The minimum atomic E-state index is -4.59. The zero-order valence-electron chi connectivity index (χ0n) is 11.6. The molecule has 1 atom stereocenters. The molecule has 9 heteroatoms. The number of ether oxygens (including phenoxy) is 1. The van der Waals surface area contributed by atoms with Crippen molar-refractivity contribution < 1.29 is 57.2 Å². The Morgan fingerprint density at radius 1 is 1.48 bits per heavy atom. The van der Waals surface area contributed by atoms with Crippen molar-refractivity contribution in [1.82, 2.24) is 0 Å². The topological polar surface area (TPSA) is 104 Å². The predicted molar refractivity (Wildman–Crippen MR) is 70.1 cm³/mol. The second-order valence-corrected chi connectivity index (χ2v) is 6.52. The summed E-state index contributed by atoms with van der Waals surface area (Å²) in [6.07, 6.45) is -0.296. The number of fused-ring (bicyclic) bond motifs is 1. The number of esters is 1. The first-order valence-corrected chi connectivity index (χ1v) is 7.83. The van der Waals surface area contributed by atoms with Crippen molar-refractivity contribution in [3.8, 4) is 11.5 Å². The van der Waals surface area contributed by atoms with Gasteiger partial charge in [-0.2, -0.15) is 0 Å². The van der Waals surface area contributed by atoms with Gasteiger partial charge in [-0.3, -0.25) is 4.79 Å². The zero-order chi connectivity index (χ0) is 15.1. The molecule has 1 heterocycles. The zero-order valence-corrected chi connectivity index (χ0v) is 15.1. The predicted octanol–water partition coefficient (Wildman–Crippen LogP) is -1.96. The molecule has 110 valence electrons. The molecule has 1 aliphatic rings. The second kappa shape index (κ2) is 6.44. The Kier molecular flexibility index (Phi) is 5.74. The summed E-state index contributed by atoms with van der Waals surface area (Å²) in [6.45, 7) is 1.53. The molecule has 6 nitrogen and oxygen atoms in total. The summed E-state index contributed by atoms with van der Waals surface area (Å²) in [6, 6.07) is 2.78. The van der Waals surface area contributed by atoms with Crippen LogP contribution in [0.2, 0.25) is 0 Å². The molecule has 0 amide bonds. The first kappa shape index (κ1) is 18.7. The minimum Gasteiger partial charge on any atom is -0.748 e. The van der Waals surface area contributed by atoms with E-state index in [0.29, 0.717) is 11.1 Å². The molecule has 1 aliphatic heterocycles. The molecular weight excluding hydrogens is 331 g/mol. The van der Waals surface area contributed by atoms with Crippen molar-refractivity contribution >= 4 is 27.7 Å². The normalized spacial score (nSPS) is 21.2. The van der Waals surface area contributed by atoms with E-state index in [4.69, 9.17) is 16.3 Å². The van der Waals surface area contributed by atoms with Gasteiger partial charge < -0.3 is 14.4 Å². The Balaban J connectivity index is 0.00000220. The van der Waals surface area contributed by atoms with Crippen LogP contribution < -0.4 is 34.3 Å². The molecule has 0 aliphatic carbocycles. The van der Waals surface area contributed by atoms with E-state index in [1.54, 1.807) is 0 Å². The van der Waals surface area contributed by atoms with Gasteiger partial charge in [-0.25, -0.2) is 8.42 Å². The van der Waals surface area contributed by atoms with Crippen LogP contribution in [0.3, 0.4) is 0 Å². The van der Waals surface area contributed by atoms with Crippen LogP contribution in [0.5, 0.6) is 11.5 Å². The summed E-state index contributed by atoms with van der Waals surface area (Å²) in [5.41, 5.74) is -0.680. The number of phenolic OH excluding ortho intramolecular Hbond substituents is 1. The maximum atomic E-state index is 11.7. The third-order valence-electron chi connectivity index (χ3n) is 3.36. The van der Waals surface area contributed by atoms with E-state index < -0.39 is 27.3 Å². The molecule has 0 fully saturated rings. The van der Waals surface area contributed by atoms with Crippen LogP contribution in [0.25, 0.3) is 0 Å². The van der Waals surface area contributed by atoms with Crippen LogP contribution in [0.4, 0.5) is 0 Å². The van der Waals surface area contributed by atoms with Gasteiger partial charge in [0.2, 0.25) is 0 Å². The van der Waals surface area contributed by atoms with Gasteiger partial charge in [-0.15, -0.1) is 11.6 Å². The van der Waals surface area contributed by atoms with Crippen molar-refractivity contribution in [2.75, 3.05) is 11.6 Å². The molecule has 0 bridgehead atoms. The number of phenols is 1. The van der Waals surface area contributed by atoms with Gasteiger partial charge in [-0.1, -0.05) is 6.07 Å². The van der Waals surface area contributed by atoms with Crippen LogP contribution >= 0.6 is 11.6 Å². The van der Waals surface area contributed by atoms with E-state index in [9.17, 15) is 22.9 Å². The number of aromatic hydroxyl groups is 1. The fourth-order valence-corrected chi connectivity index (χ4v) is 3.86. The van der Waals surface area contributed by atoms with Gasteiger partial charge in [-0.05, 0) is 13.0 Å². The van der Waals surface area contributed by atoms with Crippen LogP contribution in [0.1, 0.15) is 17.5 Å². The molecule has 0 spiro atoms. The first-order valence-electron chi connectivity index (χ1n) is 5.72. The number of rotatable bonds is 3. The van der Waals surface area contributed by atoms with Gasteiger partial charge >= 0.3 is 35.5 Å². The van der Waals surface area contributed by atoms with E-state index in [2.05, 4.69) is 0 Å². The van der Waals surface area contributed by atoms with E-state index in [1.165, 1.54) is 19.1 Å². The van der Waals surface area contributed by atoms with Gasteiger partial charge in [0.15, 0.2) is 0 Å². The third-order valence-corrected chi connectivity index (χ3v) is 4.77. The van der Waals surface area contributed by atoms with Gasteiger partial charge in [0.1, 0.15) is 11.5 Å². The van der Waals surface area contributed by atoms with Crippen LogP contribution in [-0.4, -0.2) is 35.7 Å². The Morgan fingerprint density at radius 2 is 2.10 bits per heavy atom. The number of carbonyl (C=O) groups is 1. The summed E-state index contributed by atoms with van der Waals surface area (Å²) in [5, 5.41) is 9.63. The summed E-state index contributed by atoms with van der Waals surface area (Å²) in [7, 11) is -4.59. The second-order valence-electron chi connectivity index (χ2n) is 4.85. The third kappa shape index (κ3) is 3.72. The number of hydrogen-bond acceptors (Lipinski definition) is 6. The SMILES string of the molecule is Cc1c(O)ccc2c1OC(=O)CC2(CCl)CS(=O)(=O)[O-].[Na+]. The number of hydrogen-bond donors (Lipinski definition) is 1. The van der Waals surface area contributed by atoms with Crippen LogP contribution in [0.15, 0.2) is 12.1 Å². The number of carbonyl (C=O) groups excluding carboxylic acids is 1. The summed E-state index contributed by atoms with van der Waals surface area (Å²) < 4.78 is 38.4.